The monoisotopic (exact) mass is 274 g/mol. The lowest BCUT2D eigenvalue weighted by atomic mass is 10.1. The van der Waals surface area contributed by atoms with E-state index in [1.165, 1.54) is 4.90 Å². The number of pyridine rings is 1. The number of para-hydroxylation sites is 1. The molecule has 2 amide bonds. The fourth-order valence-corrected chi connectivity index (χ4v) is 2.61. The summed E-state index contributed by atoms with van der Waals surface area (Å²) in [5.74, 6) is -0.597. The zero-order valence-corrected chi connectivity index (χ0v) is 11.0. The number of hydrogen-bond donors (Lipinski definition) is 0. The van der Waals surface area contributed by atoms with E-state index < -0.39 is 0 Å². The molecule has 0 atom stereocenters. The van der Waals surface area contributed by atoms with Gasteiger partial charge < -0.3 is 0 Å². The van der Waals surface area contributed by atoms with E-state index in [1.54, 1.807) is 30.5 Å². The number of rotatable bonds is 1. The summed E-state index contributed by atoms with van der Waals surface area (Å²) < 4.78 is 0. The van der Waals surface area contributed by atoms with Crippen LogP contribution in [0.1, 0.15) is 20.7 Å². The smallest absolute Gasteiger partial charge is 0.266 e. The minimum atomic E-state index is -0.298. The summed E-state index contributed by atoms with van der Waals surface area (Å²) in [7, 11) is 0. The van der Waals surface area contributed by atoms with Gasteiger partial charge in [0.1, 0.15) is 0 Å². The predicted octanol–water partition coefficient (Wildman–Crippen LogP) is 3.04. The van der Waals surface area contributed by atoms with Crippen LogP contribution in [-0.4, -0.2) is 16.8 Å². The summed E-state index contributed by atoms with van der Waals surface area (Å²) >= 11 is 0. The third-order valence-electron chi connectivity index (χ3n) is 3.63. The third kappa shape index (κ3) is 1.66. The van der Waals surface area contributed by atoms with E-state index in [9.17, 15) is 9.59 Å². The largest absolute Gasteiger partial charge is 0.268 e. The van der Waals surface area contributed by atoms with Crippen LogP contribution in [0.4, 0.5) is 5.69 Å². The van der Waals surface area contributed by atoms with Crippen molar-refractivity contribution < 1.29 is 9.59 Å². The number of hydrogen-bond acceptors (Lipinski definition) is 3. The quantitative estimate of drug-likeness (QED) is 0.641. The predicted molar refractivity (Wildman–Crippen MR) is 79.3 cm³/mol. The maximum absolute atomic E-state index is 12.4. The number of aromatic nitrogens is 1. The molecule has 2 heterocycles. The fraction of sp³-hybridized carbons (Fsp3) is 0. The third-order valence-corrected chi connectivity index (χ3v) is 3.63. The molecule has 21 heavy (non-hydrogen) atoms. The number of imide groups is 1. The first-order valence-electron chi connectivity index (χ1n) is 6.58. The van der Waals surface area contributed by atoms with Crippen LogP contribution in [0.2, 0.25) is 0 Å². The van der Waals surface area contributed by atoms with Crippen molar-refractivity contribution in [2.24, 2.45) is 0 Å². The van der Waals surface area contributed by atoms with Crippen molar-refractivity contribution in [1.82, 2.24) is 4.98 Å². The van der Waals surface area contributed by atoms with Crippen LogP contribution in [0.5, 0.6) is 0 Å². The normalized spacial score (nSPS) is 13.8. The highest BCUT2D eigenvalue weighted by atomic mass is 16.2. The number of anilines is 1. The molecule has 0 bridgehead atoms. The molecule has 0 saturated heterocycles. The highest BCUT2D eigenvalue weighted by Crippen LogP contribution is 2.29. The van der Waals surface area contributed by atoms with Crippen LogP contribution >= 0.6 is 0 Å². The average molecular weight is 274 g/mol. The highest BCUT2D eigenvalue weighted by Gasteiger charge is 2.36. The Hall–Kier alpha value is -3.01. The van der Waals surface area contributed by atoms with Gasteiger partial charge in [0.2, 0.25) is 0 Å². The van der Waals surface area contributed by atoms with Gasteiger partial charge in [-0.2, -0.15) is 0 Å². The Labute approximate surface area is 120 Å². The van der Waals surface area contributed by atoms with E-state index in [-0.39, 0.29) is 11.8 Å². The number of carbonyl (C=O) groups is 2. The number of fused-ring (bicyclic) bond motifs is 2. The Balaban J connectivity index is 1.86. The number of benzene rings is 2. The molecule has 4 heteroatoms. The zero-order chi connectivity index (χ0) is 14.4. The van der Waals surface area contributed by atoms with E-state index in [0.29, 0.717) is 16.8 Å². The van der Waals surface area contributed by atoms with Crippen LogP contribution in [0.3, 0.4) is 0 Å². The molecule has 0 spiro atoms. The van der Waals surface area contributed by atoms with Gasteiger partial charge in [0.05, 0.1) is 28.5 Å². The van der Waals surface area contributed by atoms with Gasteiger partial charge >= 0.3 is 0 Å². The summed E-state index contributed by atoms with van der Waals surface area (Å²) in [6.07, 6.45) is 1.56. The van der Waals surface area contributed by atoms with Gasteiger partial charge in [0.25, 0.3) is 11.8 Å². The molecule has 0 saturated carbocycles. The van der Waals surface area contributed by atoms with Gasteiger partial charge in [-0.25, -0.2) is 4.90 Å². The topological polar surface area (TPSA) is 50.3 Å². The zero-order valence-electron chi connectivity index (χ0n) is 11.0. The van der Waals surface area contributed by atoms with Crippen LogP contribution in [-0.2, 0) is 0 Å². The Kier molecular flexibility index (Phi) is 2.38. The van der Waals surface area contributed by atoms with Crippen LogP contribution in [0.25, 0.3) is 10.9 Å². The van der Waals surface area contributed by atoms with Crippen molar-refractivity contribution in [1.29, 1.82) is 0 Å². The molecule has 4 rings (SSSR count). The Morgan fingerprint density at radius 3 is 2.14 bits per heavy atom. The molecule has 1 aliphatic rings. The van der Waals surface area contributed by atoms with Crippen LogP contribution in [0.15, 0.2) is 60.8 Å². The molecule has 0 aliphatic carbocycles. The first kappa shape index (κ1) is 11.8. The second-order valence-electron chi connectivity index (χ2n) is 4.88. The fourth-order valence-electron chi connectivity index (χ4n) is 2.61. The van der Waals surface area contributed by atoms with E-state index in [0.717, 1.165) is 10.9 Å². The first-order chi connectivity index (χ1) is 10.3. The lowest BCUT2D eigenvalue weighted by Crippen LogP contribution is -2.29. The maximum Gasteiger partial charge on any atom is 0.266 e. The van der Waals surface area contributed by atoms with Crippen LogP contribution in [0, 0.1) is 0 Å². The maximum atomic E-state index is 12.4. The summed E-state index contributed by atoms with van der Waals surface area (Å²) in [4.78, 5) is 30.3. The minimum Gasteiger partial charge on any atom is -0.268 e. The molecule has 0 N–H and O–H groups in total. The highest BCUT2D eigenvalue weighted by molar-refractivity contribution is 6.34. The molecule has 0 radical (unpaired) electrons. The summed E-state index contributed by atoms with van der Waals surface area (Å²) in [5.41, 5.74) is 2.21. The molecule has 100 valence electrons. The summed E-state index contributed by atoms with van der Waals surface area (Å²) in [6, 6.07) is 16.3. The van der Waals surface area contributed by atoms with Gasteiger partial charge in [-0.3, -0.25) is 14.6 Å². The molecule has 0 fully saturated rings. The summed E-state index contributed by atoms with van der Waals surface area (Å²) in [6.45, 7) is 0. The van der Waals surface area contributed by atoms with Gasteiger partial charge in [0.15, 0.2) is 0 Å². The number of nitrogens with zero attached hydrogens (tertiary/aromatic N) is 2. The van der Waals surface area contributed by atoms with Crippen LogP contribution < -0.4 is 4.90 Å². The average Bonchev–Trinajstić information content (AvgIpc) is 2.79. The molecular formula is C17H10N2O2. The van der Waals surface area contributed by atoms with Crippen molar-refractivity contribution in [2.45, 2.75) is 0 Å². The van der Waals surface area contributed by atoms with Crippen molar-refractivity contribution in [2.75, 3.05) is 4.90 Å². The molecule has 2 aromatic carbocycles. The van der Waals surface area contributed by atoms with Gasteiger partial charge in [-0.15, -0.1) is 0 Å². The van der Waals surface area contributed by atoms with E-state index in [4.69, 9.17) is 0 Å². The summed E-state index contributed by atoms with van der Waals surface area (Å²) in [5, 5.41) is 0.895. The Bertz CT molecular complexity index is 867. The SMILES string of the molecule is O=C1c2ccccc2C(=O)N1c1cnc2ccccc2c1. The second kappa shape index (κ2) is 4.24. The number of amides is 2. The molecule has 4 nitrogen and oxygen atoms in total. The Morgan fingerprint density at radius 1 is 0.810 bits per heavy atom. The lowest BCUT2D eigenvalue weighted by molar-refractivity contribution is 0.0926. The second-order valence-corrected chi connectivity index (χ2v) is 4.88. The van der Waals surface area contributed by atoms with Crippen molar-refractivity contribution in [3.63, 3.8) is 0 Å². The van der Waals surface area contributed by atoms with Crippen molar-refractivity contribution >= 4 is 28.4 Å². The number of carbonyl (C=O) groups excluding carboxylic acids is 2. The van der Waals surface area contributed by atoms with E-state index in [2.05, 4.69) is 4.98 Å². The first-order valence-corrected chi connectivity index (χ1v) is 6.58. The molecule has 0 unspecified atom stereocenters. The Morgan fingerprint density at radius 2 is 1.43 bits per heavy atom. The molecular weight excluding hydrogens is 264 g/mol. The van der Waals surface area contributed by atoms with Crippen molar-refractivity contribution in [3.8, 4) is 0 Å². The van der Waals surface area contributed by atoms with Gasteiger partial charge in [-0.1, -0.05) is 30.3 Å². The van der Waals surface area contributed by atoms with Crippen molar-refractivity contribution in [3.05, 3.63) is 71.9 Å². The van der Waals surface area contributed by atoms with E-state index >= 15 is 0 Å². The minimum absolute atomic E-state index is 0.298. The molecule has 1 aromatic heterocycles. The standard InChI is InChI=1S/C17H10N2O2/c20-16-13-6-2-3-7-14(13)17(21)19(16)12-9-11-5-1-4-8-15(11)18-10-12/h1-10H. The lowest BCUT2D eigenvalue weighted by Gasteiger charge is -2.13. The molecule has 3 aromatic rings. The van der Waals surface area contributed by atoms with Gasteiger partial charge in [-0.05, 0) is 24.3 Å². The van der Waals surface area contributed by atoms with Gasteiger partial charge in [0, 0.05) is 5.39 Å². The molecule has 1 aliphatic heterocycles. The van der Waals surface area contributed by atoms with E-state index in [1.807, 2.05) is 30.3 Å².